The number of nitrogens with zero attached hydrogens (tertiary/aromatic N) is 4. The zero-order valence-corrected chi connectivity index (χ0v) is 16.2. The minimum Gasteiger partial charge on any atom is -0.452 e. The van der Waals surface area contributed by atoms with Gasteiger partial charge in [-0.25, -0.2) is 4.79 Å². The lowest BCUT2D eigenvalue weighted by atomic mass is 10.1. The van der Waals surface area contributed by atoms with Crippen molar-refractivity contribution in [3.05, 3.63) is 64.2 Å². The molecule has 0 N–H and O–H groups in total. The Kier molecular flexibility index (Phi) is 6.60. The van der Waals surface area contributed by atoms with Crippen LogP contribution < -0.4 is 9.80 Å². The number of anilines is 2. The molecule has 0 saturated carbocycles. The molecule has 30 heavy (non-hydrogen) atoms. The normalized spacial score (nSPS) is 12.8. The number of non-ortho nitro benzene ring substituents is 1. The van der Waals surface area contributed by atoms with E-state index in [1.807, 2.05) is 11.0 Å². The smallest absolute Gasteiger partial charge is 0.341 e. The molecule has 1 aliphatic rings. The molecule has 3 rings (SSSR count). The number of esters is 1. The number of carbonyl (C=O) groups excluding carboxylic acids is 2. The van der Waals surface area contributed by atoms with Gasteiger partial charge in [-0.3, -0.25) is 19.8 Å². The van der Waals surface area contributed by atoms with Crippen LogP contribution in [-0.2, 0) is 9.53 Å². The van der Waals surface area contributed by atoms with E-state index in [-0.39, 0.29) is 17.8 Å². The minimum atomic E-state index is -0.820. The maximum absolute atomic E-state index is 12.7. The summed E-state index contributed by atoms with van der Waals surface area (Å²) in [4.78, 5) is 39.0. The largest absolute Gasteiger partial charge is 0.452 e. The van der Waals surface area contributed by atoms with Crippen LogP contribution in [0, 0.1) is 21.4 Å². The van der Waals surface area contributed by atoms with Crippen LogP contribution in [0.5, 0.6) is 0 Å². The molecule has 1 saturated heterocycles. The first-order valence-corrected chi connectivity index (χ1v) is 9.44. The Morgan fingerprint density at radius 2 is 1.87 bits per heavy atom. The van der Waals surface area contributed by atoms with Gasteiger partial charge in [0.1, 0.15) is 6.54 Å². The second kappa shape index (κ2) is 9.52. The Morgan fingerprint density at radius 3 is 2.50 bits per heavy atom. The van der Waals surface area contributed by atoms with Gasteiger partial charge < -0.3 is 9.64 Å². The van der Waals surface area contributed by atoms with Crippen LogP contribution in [0.15, 0.2) is 48.5 Å². The van der Waals surface area contributed by atoms with Gasteiger partial charge in [-0.1, -0.05) is 18.2 Å². The number of carbonyl (C=O) groups is 2. The van der Waals surface area contributed by atoms with Crippen LogP contribution in [0.25, 0.3) is 0 Å². The lowest BCUT2D eigenvalue weighted by Crippen LogP contribution is -2.35. The van der Waals surface area contributed by atoms with Crippen molar-refractivity contribution in [3.63, 3.8) is 0 Å². The lowest BCUT2D eigenvalue weighted by molar-refractivity contribution is -0.384. The summed E-state index contributed by atoms with van der Waals surface area (Å²) in [6.07, 6.45) is 1.92. The first kappa shape index (κ1) is 20.8. The summed E-state index contributed by atoms with van der Waals surface area (Å²) >= 11 is 0. The third kappa shape index (κ3) is 4.72. The third-order valence-corrected chi connectivity index (χ3v) is 4.78. The van der Waals surface area contributed by atoms with Gasteiger partial charge in [-0.2, -0.15) is 5.26 Å². The van der Waals surface area contributed by atoms with Crippen LogP contribution in [0.2, 0.25) is 0 Å². The van der Waals surface area contributed by atoms with E-state index in [2.05, 4.69) is 0 Å². The molecule has 2 aromatic carbocycles. The predicted molar refractivity (Wildman–Crippen MR) is 109 cm³/mol. The summed E-state index contributed by atoms with van der Waals surface area (Å²) in [5.41, 5.74) is 0.873. The topological polar surface area (TPSA) is 117 Å². The Bertz CT molecular complexity index is 981. The van der Waals surface area contributed by atoms with E-state index in [4.69, 9.17) is 10.00 Å². The monoisotopic (exact) mass is 408 g/mol. The van der Waals surface area contributed by atoms with Crippen molar-refractivity contribution < 1.29 is 19.2 Å². The number of nitro benzene ring substituents is 1. The Labute approximate surface area is 173 Å². The van der Waals surface area contributed by atoms with Gasteiger partial charge in [0.25, 0.3) is 11.6 Å². The summed E-state index contributed by atoms with van der Waals surface area (Å²) in [6.45, 7) is 0.690. The molecule has 0 aromatic heterocycles. The Balaban J connectivity index is 1.77. The van der Waals surface area contributed by atoms with Crippen molar-refractivity contribution in [1.82, 2.24) is 0 Å². The van der Waals surface area contributed by atoms with Crippen LogP contribution in [0.3, 0.4) is 0 Å². The molecule has 0 radical (unpaired) electrons. The lowest BCUT2D eigenvalue weighted by Gasteiger charge is -2.21. The van der Waals surface area contributed by atoms with Crippen molar-refractivity contribution in [3.8, 4) is 6.07 Å². The summed E-state index contributed by atoms with van der Waals surface area (Å²) in [5.74, 6) is -1.39. The highest BCUT2D eigenvalue weighted by Gasteiger charge is 2.25. The molecule has 2 aromatic rings. The van der Waals surface area contributed by atoms with Gasteiger partial charge >= 0.3 is 5.97 Å². The van der Waals surface area contributed by atoms with E-state index < -0.39 is 23.4 Å². The number of hydrogen-bond acceptors (Lipinski definition) is 7. The fourth-order valence-corrected chi connectivity index (χ4v) is 3.32. The molecule has 0 spiro atoms. The summed E-state index contributed by atoms with van der Waals surface area (Å²) < 4.78 is 5.18. The molecule has 1 fully saturated rings. The molecule has 1 heterocycles. The molecule has 154 valence electrons. The van der Waals surface area contributed by atoms with Gasteiger partial charge in [0, 0.05) is 30.9 Å². The van der Waals surface area contributed by atoms with Crippen molar-refractivity contribution in [2.45, 2.75) is 12.8 Å². The van der Waals surface area contributed by atoms with E-state index >= 15 is 0 Å². The van der Waals surface area contributed by atoms with Crippen LogP contribution >= 0.6 is 0 Å². The molecule has 1 amide bonds. The second-order valence-corrected chi connectivity index (χ2v) is 6.70. The van der Waals surface area contributed by atoms with Gasteiger partial charge in [0.05, 0.1) is 22.2 Å². The Hall–Kier alpha value is -3.93. The molecule has 0 unspecified atom stereocenters. The quantitative estimate of drug-likeness (QED) is 0.299. The first-order valence-electron chi connectivity index (χ1n) is 9.44. The zero-order valence-electron chi connectivity index (χ0n) is 16.2. The highest BCUT2D eigenvalue weighted by atomic mass is 16.6. The maximum atomic E-state index is 12.7. The average Bonchev–Trinajstić information content (AvgIpc) is 3.30. The number of ether oxygens (including phenoxy) is 1. The van der Waals surface area contributed by atoms with Gasteiger partial charge in [0.15, 0.2) is 6.61 Å². The van der Waals surface area contributed by atoms with E-state index in [1.54, 1.807) is 30.3 Å². The zero-order chi connectivity index (χ0) is 21.5. The first-order chi connectivity index (χ1) is 14.5. The number of benzene rings is 2. The summed E-state index contributed by atoms with van der Waals surface area (Å²) in [7, 11) is 0. The molecular weight excluding hydrogens is 388 g/mol. The van der Waals surface area contributed by atoms with Crippen molar-refractivity contribution in [1.29, 1.82) is 5.26 Å². The summed E-state index contributed by atoms with van der Waals surface area (Å²) in [6, 6.07) is 14.5. The summed E-state index contributed by atoms with van der Waals surface area (Å²) in [5, 5.41) is 20.2. The van der Waals surface area contributed by atoms with Crippen LogP contribution in [0.1, 0.15) is 23.2 Å². The molecule has 1 aliphatic heterocycles. The predicted octanol–water partition coefficient (Wildman–Crippen LogP) is 2.91. The SMILES string of the molecule is N#CCN(C(=O)COC(=O)c1cc([N+](=O)[O-])ccc1N1CCCC1)c1ccccc1. The molecule has 0 atom stereocenters. The highest BCUT2D eigenvalue weighted by molar-refractivity contribution is 6.00. The van der Waals surface area contributed by atoms with Crippen molar-refractivity contribution >= 4 is 28.9 Å². The number of nitriles is 1. The number of rotatable bonds is 7. The van der Waals surface area contributed by atoms with Crippen molar-refractivity contribution in [2.24, 2.45) is 0 Å². The molecular formula is C21H20N4O5. The average molecular weight is 408 g/mol. The van der Waals surface area contributed by atoms with Crippen LogP contribution in [0.4, 0.5) is 17.1 Å². The fourth-order valence-electron chi connectivity index (χ4n) is 3.32. The van der Waals surface area contributed by atoms with Gasteiger partial charge in [0.2, 0.25) is 0 Å². The molecule has 9 heteroatoms. The van der Waals surface area contributed by atoms with E-state index in [9.17, 15) is 19.7 Å². The maximum Gasteiger partial charge on any atom is 0.341 e. The molecule has 0 bridgehead atoms. The number of hydrogen-bond donors (Lipinski definition) is 0. The third-order valence-electron chi connectivity index (χ3n) is 4.78. The van der Waals surface area contributed by atoms with Crippen molar-refractivity contribution in [2.75, 3.05) is 36.0 Å². The second-order valence-electron chi connectivity index (χ2n) is 6.70. The number of amides is 1. The Morgan fingerprint density at radius 1 is 1.17 bits per heavy atom. The van der Waals surface area contributed by atoms with Crippen LogP contribution in [-0.4, -0.2) is 43.0 Å². The number of nitro groups is 1. The van der Waals surface area contributed by atoms with E-state index in [0.29, 0.717) is 11.4 Å². The van der Waals surface area contributed by atoms with E-state index in [0.717, 1.165) is 25.9 Å². The molecule has 9 nitrogen and oxygen atoms in total. The standard InChI is InChI=1S/C21H20N4O5/c22-10-13-24(16-6-2-1-3-7-16)20(26)15-30-21(27)18-14-17(25(28)29)8-9-19(18)23-11-4-5-12-23/h1-3,6-9,14H,4-5,11-13,15H2. The van der Waals surface area contributed by atoms with E-state index in [1.165, 1.54) is 23.1 Å². The number of para-hydroxylation sites is 1. The fraction of sp³-hybridized carbons (Fsp3) is 0.286. The van der Waals surface area contributed by atoms with Gasteiger partial charge in [-0.15, -0.1) is 0 Å². The molecule has 0 aliphatic carbocycles. The highest BCUT2D eigenvalue weighted by Crippen LogP contribution is 2.29. The minimum absolute atomic E-state index is 0.0467. The van der Waals surface area contributed by atoms with Gasteiger partial charge in [-0.05, 0) is 31.0 Å².